The molecule has 1 aliphatic heterocycles. The van der Waals surface area contributed by atoms with Crippen molar-refractivity contribution in [1.82, 2.24) is 4.90 Å². The number of hydrogen-bond donors (Lipinski definition) is 1. The highest BCUT2D eigenvalue weighted by Gasteiger charge is 2.23. The summed E-state index contributed by atoms with van der Waals surface area (Å²) in [7, 11) is 0. The van der Waals surface area contributed by atoms with Gasteiger partial charge in [-0.2, -0.15) is 0 Å². The molecule has 1 unspecified atom stereocenters. The van der Waals surface area contributed by atoms with Gasteiger partial charge in [0.25, 0.3) is 0 Å². The van der Waals surface area contributed by atoms with E-state index in [-0.39, 0.29) is 18.1 Å². The molecule has 0 radical (unpaired) electrons. The van der Waals surface area contributed by atoms with Crippen molar-refractivity contribution in [2.24, 2.45) is 0 Å². The van der Waals surface area contributed by atoms with E-state index >= 15 is 0 Å². The Morgan fingerprint density at radius 3 is 2.70 bits per heavy atom. The van der Waals surface area contributed by atoms with Crippen LogP contribution in [-0.4, -0.2) is 22.5 Å². The van der Waals surface area contributed by atoms with Crippen LogP contribution in [0.4, 0.5) is 4.39 Å². The zero-order valence-corrected chi connectivity index (χ0v) is 13.3. The lowest BCUT2D eigenvalue weighted by molar-refractivity contribution is -0.134. The smallest absolute Gasteiger partial charge is 0.225 e. The van der Waals surface area contributed by atoms with Gasteiger partial charge in [0.1, 0.15) is 5.82 Å². The Morgan fingerprint density at radius 2 is 1.96 bits per heavy atom. The van der Waals surface area contributed by atoms with Crippen LogP contribution in [0.2, 0.25) is 5.02 Å². The lowest BCUT2D eigenvalue weighted by atomic mass is 9.98. The molecular formula is C18H17ClFNO2. The Balaban J connectivity index is 1.66. The molecule has 0 fully saturated rings. The molecule has 0 saturated carbocycles. The van der Waals surface area contributed by atoms with Gasteiger partial charge in [0, 0.05) is 18.1 Å². The van der Waals surface area contributed by atoms with Crippen LogP contribution in [0.5, 0.6) is 0 Å². The summed E-state index contributed by atoms with van der Waals surface area (Å²) in [4.78, 5) is 14.1. The molecule has 0 aliphatic carbocycles. The van der Waals surface area contributed by atoms with Gasteiger partial charge in [-0.3, -0.25) is 4.79 Å². The first-order valence-electron chi connectivity index (χ1n) is 7.51. The van der Waals surface area contributed by atoms with E-state index in [0.29, 0.717) is 30.1 Å². The standard InChI is InChI=1S/C18H17ClFNO2/c19-15-4-1-13(2-5-15)17(22)10-18(23)21-8-7-12-3-6-16(20)9-14(12)11-21/h1-6,9,17,22H,7-8,10-11H2. The van der Waals surface area contributed by atoms with Crippen LogP contribution in [0.25, 0.3) is 0 Å². The number of fused-ring (bicyclic) bond motifs is 1. The Morgan fingerprint density at radius 1 is 1.22 bits per heavy atom. The number of amides is 1. The molecule has 1 heterocycles. The second-order valence-corrected chi connectivity index (χ2v) is 6.19. The van der Waals surface area contributed by atoms with Crippen LogP contribution in [0.15, 0.2) is 42.5 Å². The minimum Gasteiger partial charge on any atom is -0.388 e. The first kappa shape index (κ1) is 16.0. The van der Waals surface area contributed by atoms with E-state index < -0.39 is 6.10 Å². The van der Waals surface area contributed by atoms with Crippen molar-refractivity contribution in [2.45, 2.75) is 25.5 Å². The summed E-state index contributed by atoms with van der Waals surface area (Å²) in [5.74, 6) is -0.429. The van der Waals surface area contributed by atoms with E-state index in [4.69, 9.17) is 11.6 Å². The topological polar surface area (TPSA) is 40.5 Å². The average Bonchev–Trinajstić information content (AvgIpc) is 2.54. The number of nitrogens with zero attached hydrogens (tertiary/aromatic N) is 1. The molecule has 0 aromatic heterocycles. The minimum atomic E-state index is -0.867. The van der Waals surface area contributed by atoms with Gasteiger partial charge in [-0.25, -0.2) is 4.39 Å². The molecule has 0 bridgehead atoms. The number of rotatable bonds is 3. The van der Waals surface area contributed by atoms with Crippen molar-refractivity contribution >= 4 is 17.5 Å². The lowest BCUT2D eigenvalue weighted by Crippen LogP contribution is -2.36. The molecule has 0 saturated heterocycles. The fourth-order valence-electron chi connectivity index (χ4n) is 2.84. The third-order valence-electron chi connectivity index (χ3n) is 4.16. The maximum Gasteiger partial charge on any atom is 0.225 e. The van der Waals surface area contributed by atoms with Gasteiger partial charge in [0.2, 0.25) is 5.91 Å². The summed E-state index contributed by atoms with van der Waals surface area (Å²) >= 11 is 5.82. The fraction of sp³-hybridized carbons (Fsp3) is 0.278. The van der Waals surface area contributed by atoms with E-state index in [1.165, 1.54) is 12.1 Å². The summed E-state index contributed by atoms with van der Waals surface area (Å²) in [5, 5.41) is 10.8. The molecule has 3 rings (SSSR count). The molecule has 1 N–H and O–H groups in total. The third-order valence-corrected chi connectivity index (χ3v) is 4.41. The molecule has 120 valence electrons. The van der Waals surface area contributed by atoms with E-state index in [1.54, 1.807) is 35.2 Å². The predicted molar refractivity (Wildman–Crippen MR) is 86.5 cm³/mol. The summed E-state index contributed by atoms with van der Waals surface area (Å²) < 4.78 is 13.3. The zero-order valence-electron chi connectivity index (χ0n) is 12.5. The molecule has 5 heteroatoms. The molecule has 1 atom stereocenters. The van der Waals surface area contributed by atoms with E-state index in [1.807, 2.05) is 0 Å². The Labute approximate surface area is 139 Å². The number of carbonyl (C=O) groups is 1. The van der Waals surface area contributed by atoms with Crippen molar-refractivity contribution in [1.29, 1.82) is 0 Å². The Kier molecular flexibility index (Phi) is 4.64. The van der Waals surface area contributed by atoms with Crippen molar-refractivity contribution < 1.29 is 14.3 Å². The van der Waals surface area contributed by atoms with Crippen LogP contribution in [0, 0.1) is 5.82 Å². The van der Waals surface area contributed by atoms with Crippen LogP contribution in [0.3, 0.4) is 0 Å². The summed E-state index contributed by atoms with van der Waals surface area (Å²) in [6.07, 6.45) is -0.154. The van der Waals surface area contributed by atoms with Crippen LogP contribution in [-0.2, 0) is 17.8 Å². The van der Waals surface area contributed by atoms with Gasteiger partial charge >= 0.3 is 0 Å². The summed E-state index contributed by atoms with van der Waals surface area (Å²) in [6.45, 7) is 0.976. The van der Waals surface area contributed by atoms with Crippen LogP contribution in [0.1, 0.15) is 29.2 Å². The Bertz CT molecular complexity index is 717. The number of carbonyl (C=O) groups excluding carboxylic acids is 1. The van der Waals surface area contributed by atoms with Gasteiger partial charge in [-0.15, -0.1) is 0 Å². The fourth-order valence-corrected chi connectivity index (χ4v) is 2.96. The number of benzene rings is 2. The van der Waals surface area contributed by atoms with E-state index in [0.717, 1.165) is 11.1 Å². The van der Waals surface area contributed by atoms with Crippen molar-refractivity contribution in [3.05, 3.63) is 70.0 Å². The molecule has 2 aromatic carbocycles. The average molecular weight is 334 g/mol. The monoisotopic (exact) mass is 333 g/mol. The van der Waals surface area contributed by atoms with Gasteiger partial charge in [0.05, 0.1) is 12.5 Å². The van der Waals surface area contributed by atoms with Gasteiger partial charge < -0.3 is 10.0 Å². The minimum absolute atomic E-state index is 0.00623. The highest BCUT2D eigenvalue weighted by atomic mass is 35.5. The molecule has 23 heavy (non-hydrogen) atoms. The number of aliphatic hydroxyl groups is 1. The summed E-state index contributed by atoms with van der Waals surface area (Å²) in [5.41, 5.74) is 2.57. The van der Waals surface area contributed by atoms with Crippen molar-refractivity contribution in [3.8, 4) is 0 Å². The highest BCUT2D eigenvalue weighted by molar-refractivity contribution is 6.30. The molecule has 1 amide bonds. The van der Waals surface area contributed by atoms with Crippen molar-refractivity contribution in [3.63, 3.8) is 0 Å². The number of hydrogen-bond acceptors (Lipinski definition) is 2. The zero-order chi connectivity index (χ0) is 16.4. The SMILES string of the molecule is O=C(CC(O)c1ccc(Cl)cc1)N1CCc2ccc(F)cc2C1. The van der Waals surface area contributed by atoms with Crippen LogP contribution >= 0.6 is 11.6 Å². The second-order valence-electron chi connectivity index (χ2n) is 5.75. The quantitative estimate of drug-likeness (QED) is 0.934. The molecule has 2 aromatic rings. The van der Waals surface area contributed by atoms with Gasteiger partial charge in [0.15, 0.2) is 0 Å². The van der Waals surface area contributed by atoms with Gasteiger partial charge in [-0.1, -0.05) is 29.8 Å². The predicted octanol–water partition coefficient (Wildman–Crippen LogP) is 3.49. The van der Waals surface area contributed by atoms with Gasteiger partial charge in [-0.05, 0) is 47.4 Å². The molecular weight excluding hydrogens is 317 g/mol. The highest BCUT2D eigenvalue weighted by Crippen LogP contribution is 2.24. The normalized spacial score (nSPS) is 15.2. The molecule has 3 nitrogen and oxygen atoms in total. The largest absolute Gasteiger partial charge is 0.388 e. The van der Waals surface area contributed by atoms with Crippen molar-refractivity contribution in [2.75, 3.05) is 6.54 Å². The first-order chi connectivity index (χ1) is 11.0. The summed E-state index contributed by atoms with van der Waals surface area (Å²) in [6, 6.07) is 11.5. The maximum atomic E-state index is 13.3. The number of halogens is 2. The van der Waals surface area contributed by atoms with E-state index in [9.17, 15) is 14.3 Å². The maximum absolute atomic E-state index is 13.3. The van der Waals surface area contributed by atoms with Crippen LogP contribution < -0.4 is 0 Å². The number of aliphatic hydroxyl groups excluding tert-OH is 1. The Hall–Kier alpha value is -1.91. The third kappa shape index (κ3) is 3.71. The first-order valence-corrected chi connectivity index (χ1v) is 7.89. The molecule has 0 spiro atoms. The molecule has 1 aliphatic rings. The van der Waals surface area contributed by atoms with E-state index in [2.05, 4.69) is 0 Å². The lowest BCUT2D eigenvalue weighted by Gasteiger charge is -2.29. The second kappa shape index (κ2) is 6.69.